The predicted octanol–water partition coefficient (Wildman–Crippen LogP) is 3.84. The van der Waals surface area contributed by atoms with Crippen LogP contribution in [0, 0.1) is 0 Å². The second-order valence-corrected chi connectivity index (χ2v) is 7.48. The van der Waals surface area contributed by atoms with E-state index >= 15 is 0 Å². The Morgan fingerprint density at radius 3 is 2.62 bits per heavy atom. The maximum atomic E-state index is 11.9. The lowest BCUT2D eigenvalue weighted by Crippen LogP contribution is -2.17. The molecule has 8 nitrogen and oxygen atoms in total. The third-order valence-corrected chi connectivity index (χ3v) is 5.28. The molecule has 4 aromatic rings. The van der Waals surface area contributed by atoms with Crippen molar-refractivity contribution in [3.63, 3.8) is 0 Å². The van der Waals surface area contributed by atoms with Gasteiger partial charge in [-0.05, 0) is 36.2 Å². The number of carbonyl (C=O) groups excluding carboxylic acids is 1. The molecule has 2 aromatic carbocycles. The van der Waals surface area contributed by atoms with Crippen LogP contribution in [0.1, 0.15) is 15.9 Å². The number of methoxy groups -OCH3 is 2. The number of nitrogens with one attached hydrogen (secondary N) is 1. The highest BCUT2D eigenvalue weighted by Crippen LogP contribution is 2.32. The van der Waals surface area contributed by atoms with Crippen LogP contribution in [0.15, 0.2) is 54.9 Å². The van der Waals surface area contributed by atoms with Gasteiger partial charge in [0.2, 0.25) is 0 Å². The van der Waals surface area contributed by atoms with E-state index in [9.17, 15) is 4.79 Å². The lowest BCUT2D eigenvalue weighted by Gasteiger charge is -2.13. The molecule has 164 valence electrons. The summed E-state index contributed by atoms with van der Waals surface area (Å²) in [5.41, 5.74) is 8.45. The summed E-state index contributed by atoms with van der Waals surface area (Å²) < 4.78 is 12.6. The predicted molar refractivity (Wildman–Crippen MR) is 124 cm³/mol. The molecular formula is C23H22ClN5O3. The standard InChI is InChI=1S/C23H22ClN5O3/c1-31-19-11-17-18(12-20(19)32-2)29(13-27-17)21-7-6-16(22(25)30)23(28-21)26-9-8-14-4-3-5-15(24)10-14/h3-7,10-13H,8-9H2,1-2H3,(H2,25,30)(H,26,28). The molecule has 0 saturated heterocycles. The number of rotatable bonds is 8. The molecule has 0 aliphatic heterocycles. The minimum Gasteiger partial charge on any atom is -0.493 e. The first-order chi connectivity index (χ1) is 15.5. The zero-order valence-electron chi connectivity index (χ0n) is 17.6. The van der Waals surface area contributed by atoms with Crippen LogP contribution in [0.25, 0.3) is 16.9 Å². The summed E-state index contributed by atoms with van der Waals surface area (Å²) in [7, 11) is 3.15. The van der Waals surface area contributed by atoms with E-state index in [0.717, 1.165) is 16.6 Å². The molecule has 0 fully saturated rings. The number of nitrogens with two attached hydrogens (primary N) is 1. The van der Waals surface area contributed by atoms with Gasteiger partial charge in [0.25, 0.3) is 5.91 Å². The number of imidazole rings is 1. The Morgan fingerprint density at radius 1 is 1.12 bits per heavy atom. The third kappa shape index (κ3) is 4.31. The summed E-state index contributed by atoms with van der Waals surface area (Å²) in [6.45, 7) is 0.548. The topological polar surface area (TPSA) is 104 Å². The Morgan fingerprint density at radius 2 is 1.91 bits per heavy atom. The molecule has 1 amide bonds. The number of hydrogen-bond donors (Lipinski definition) is 2. The average molecular weight is 452 g/mol. The van der Waals surface area contributed by atoms with Gasteiger partial charge in [0.15, 0.2) is 11.5 Å². The fourth-order valence-electron chi connectivity index (χ4n) is 3.45. The van der Waals surface area contributed by atoms with E-state index in [4.69, 9.17) is 26.8 Å². The molecule has 0 aliphatic carbocycles. The lowest BCUT2D eigenvalue weighted by atomic mass is 10.1. The summed E-state index contributed by atoms with van der Waals surface area (Å²) in [5.74, 6) is 1.59. The van der Waals surface area contributed by atoms with Crippen molar-refractivity contribution in [2.75, 3.05) is 26.1 Å². The number of carbonyl (C=O) groups is 1. The normalized spacial score (nSPS) is 10.8. The van der Waals surface area contributed by atoms with Gasteiger partial charge in [-0.3, -0.25) is 9.36 Å². The number of aromatic nitrogens is 3. The van der Waals surface area contributed by atoms with Crippen molar-refractivity contribution in [1.29, 1.82) is 0 Å². The van der Waals surface area contributed by atoms with Crippen LogP contribution in [0.5, 0.6) is 11.5 Å². The number of hydrogen-bond acceptors (Lipinski definition) is 6. The first-order valence-electron chi connectivity index (χ1n) is 9.88. The van der Waals surface area contributed by atoms with Crippen LogP contribution in [0.3, 0.4) is 0 Å². The van der Waals surface area contributed by atoms with E-state index in [-0.39, 0.29) is 0 Å². The van der Waals surface area contributed by atoms with Gasteiger partial charge in [-0.25, -0.2) is 9.97 Å². The van der Waals surface area contributed by atoms with Crippen molar-refractivity contribution in [3.05, 3.63) is 71.0 Å². The summed E-state index contributed by atoms with van der Waals surface area (Å²) in [4.78, 5) is 21.0. The molecule has 0 atom stereocenters. The molecule has 0 bridgehead atoms. The maximum Gasteiger partial charge on any atom is 0.252 e. The van der Waals surface area contributed by atoms with E-state index in [2.05, 4.69) is 15.3 Å². The highest BCUT2D eigenvalue weighted by molar-refractivity contribution is 6.30. The van der Waals surface area contributed by atoms with E-state index in [1.165, 1.54) is 0 Å². The van der Waals surface area contributed by atoms with Gasteiger partial charge in [0, 0.05) is 23.7 Å². The molecule has 0 saturated carbocycles. The van der Waals surface area contributed by atoms with Crippen molar-refractivity contribution in [3.8, 4) is 17.3 Å². The maximum absolute atomic E-state index is 11.9. The van der Waals surface area contributed by atoms with Crippen molar-refractivity contribution >= 4 is 34.4 Å². The van der Waals surface area contributed by atoms with Crippen molar-refractivity contribution in [2.45, 2.75) is 6.42 Å². The monoisotopic (exact) mass is 451 g/mol. The number of fused-ring (bicyclic) bond motifs is 1. The fourth-order valence-corrected chi connectivity index (χ4v) is 3.67. The SMILES string of the molecule is COc1cc2ncn(-c3ccc(C(N)=O)c(NCCc4cccc(Cl)c4)n3)c2cc1OC. The van der Waals surface area contributed by atoms with Gasteiger partial charge in [-0.15, -0.1) is 0 Å². The van der Waals surface area contributed by atoms with Crippen molar-refractivity contribution in [1.82, 2.24) is 14.5 Å². The fraction of sp³-hybridized carbons (Fsp3) is 0.174. The van der Waals surface area contributed by atoms with E-state index < -0.39 is 5.91 Å². The second-order valence-electron chi connectivity index (χ2n) is 7.05. The Bertz CT molecular complexity index is 1290. The number of amides is 1. The smallest absolute Gasteiger partial charge is 0.252 e. The zero-order valence-corrected chi connectivity index (χ0v) is 18.4. The van der Waals surface area contributed by atoms with Crippen LogP contribution in [-0.4, -0.2) is 41.2 Å². The molecule has 9 heteroatoms. The summed E-state index contributed by atoms with van der Waals surface area (Å²) >= 11 is 6.05. The molecule has 3 N–H and O–H groups in total. The molecule has 0 aliphatic rings. The molecule has 2 heterocycles. The largest absolute Gasteiger partial charge is 0.493 e. The Balaban J connectivity index is 1.66. The van der Waals surface area contributed by atoms with Crippen LogP contribution in [-0.2, 0) is 6.42 Å². The molecule has 4 rings (SSSR count). The second kappa shape index (κ2) is 9.15. The minimum atomic E-state index is -0.559. The van der Waals surface area contributed by atoms with Gasteiger partial charge in [-0.2, -0.15) is 0 Å². The Kier molecular flexibility index (Phi) is 6.13. The number of ether oxygens (including phenoxy) is 2. The number of benzene rings is 2. The van der Waals surface area contributed by atoms with Gasteiger partial charge in [0.1, 0.15) is 18.0 Å². The molecular weight excluding hydrogens is 430 g/mol. The third-order valence-electron chi connectivity index (χ3n) is 5.04. The van der Waals surface area contributed by atoms with Crippen molar-refractivity contribution < 1.29 is 14.3 Å². The average Bonchev–Trinajstić information content (AvgIpc) is 3.20. The van der Waals surface area contributed by atoms with Gasteiger partial charge < -0.3 is 20.5 Å². The van der Waals surface area contributed by atoms with E-state index in [1.807, 2.05) is 34.9 Å². The number of primary amides is 1. The number of nitrogens with zero attached hydrogens (tertiary/aromatic N) is 3. The summed E-state index contributed by atoms with van der Waals surface area (Å²) in [6.07, 6.45) is 2.36. The Labute approximate surface area is 189 Å². The highest BCUT2D eigenvalue weighted by Gasteiger charge is 2.15. The summed E-state index contributed by atoms with van der Waals surface area (Å²) in [6, 6.07) is 14.6. The molecule has 0 spiro atoms. The van der Waals surface area contributed by atoms with Crippen LogP contribution in [0.2, 0.25) is 5.02 Å². The van der Waals surface area contributed by atoms with Crippen LogP contribution < -0.4 is 20.5 Å². The lowest BCUT2D eigenvalue weighted by molar-refractivity contribution is 0.100. The van der Waals surface area contributed by atoms with Gasteiger partial charge >= 0.3 is 0 Å². The minimum absolute atomic E-state index is 0.309. The number of anilines is 1. The number of pyridine rings is 1. The van der Waals surface area contributed by atoms with E-state index in [0.29, 0.717) is 46.7 Å². The molecule has 0 unspecified atom stereocenters. The zero-order chi connectivity index (χ0) is 22.7. The highest BCUT2D eigenvalue weighted by atomic mass is 35.5. The molecule has 32 heavy (non-hydrogen) atoms. The molecule has 2 aromatic heterocycles. The van der Waals surface area contributed by atoms with E-state index in [1.54, 1.807) is 38.7 Å². The first kappa shape index (κ1) is 21.5. The van der Waals surface area contributed by atoms with Gasteiger partial charge in [0.05, 0.1) is 30.8 Å². The van der Waals surface area contributed by atoms with Crippen LogP contribution >= 0.6 is 11.6 Å². The number of halogens is 1. The molecule has 0 radical (unpaired) electrons. The van der Waals surface area contributed by atoms with Crippen LogP contribution in [0.4, 0.5) is 5.82 Å². The summed E-state index contributed by atoms with van der Waals surface area (Å²) in [5, 5.41) is 3.90. The van der Waals surface area contributed by atoms with Gasteiger partial charge in [-0.1, -0.05) is 23.7 Å². The van der Waals surface area contributed by atoms with Crippen molar-refractivity contribution in [2.24, 2.45) is 5.73 Å². The first-order valence-corrected chi connectivity index (χ1v) is 10.3. The quantitative estimate of drug-likeness (QED) is 0.421. The Hall–Kier alpha value is -3.78.